The van der Waals surface area contributed by atoms with E-state index in [4.69, 9.17) is 14.2 Å². The predicted molar refractivity (Wildman–Crippen MR) is 362 cm³/mol. The van der Waals surface area contributed by atoms with Crippen LogP contribution in [-0.4, -0.2) is 37.2 Å². The van der Waals surface area contributed by atoms with E-state index in [0.29, 0.717) is 19.3 Å². The molecule has 0 aliphatic rings. The summed E-state index contributed by atoms with van der Waals surface area (Å²) in [5.74, 6) is -0.831. The van der Waals surface area contributed by atoms with Crippen LogP contribution in [0.1, 0.15) is 406 Å². The molecule has 0 heterocycles. The number of ether oxygens (including phenoxy) is 3. The van der Waals surface area contributed by atoms with Crippen LogP contribution >= 0.6 is 0 Å². The number of rotatable bonds is 69. The molecule has 0 aromatic rings. The number of unbranched alkanes of at least 4 members (excludes halogenated alkanes) is 50. The molecule has 6 nitrogen and oxygen atoms in total. The van der Waals surface area contributed by atoms with Crippen molar-refractivity contribution in [3.63, 3.8) is 0 Å². The number of esters is 3. The lowest BCUT2D eigenvalue weighted by Gasteiger charge is -2.18. The summed E-state index contributed by atoms with van der Waals surface area (Å²) >= 11 is 0. The van der Waals surface area contributed by atoms with E-state index in [1.165, 1.54) is 283 Å². The lowest BCUT2D eigenvalue weighted by atomic mass is 10.0. The van der Waals surface area contributed by atoms with E-state index in [2.05, 4.69) is 69.4 Å². The third kappa shape index (κ3) is 70.0. The lowest BCUT2D eigenvalue weighted by molar-refractivity contribution is -0.167. The van der Waals surface area contributed by atoms with Gasteiger partial charge in [0.1, 0.15) is 13.2 Å². The van der Waals surface area contributed by atoms with Gasteiger partial charge < -0.3 is 14.2 Å². The molecule has 1 unspecified atom stereocenters. The molecule has 0 radical (unpaired) electrons. The molecule has 0 fully saturated rings. The highest BCUT2D eigenvalue weighted by atomic mass is 16.6. The van der Waals surface area contributed by atoms with Gasteiger partial charge in [0.15, 0.2) is 6.10 Å². The van der Waals surface area contributed by atoms with Gasteiger partial charge in [-0.3, -0.25) is 14.4 Å². The fourth-order valence-electron chi connectivity index (χ4n) is 11.3. The largest absolute Gasteiger partial charge is 0.462 e. The monoisotopic (exact) mass is 1160 g/mol. The molecule has 0 aliphatic carbocycles. The van der Waals surface area contributed by atoms with Crippen LogP contribution in [0, 0.1) is 0 Å². The quantitative estimate of drug-likeness (QED) is 0.0261. The lowest BCUT2D eigenvalue weighted by Crippen LogP contribution is -2.30. The van der Waals surface area contributed by atoms with Gasteiger partial charge in [0, 0.05) is 19.3 Å². The Morgan fingerprint density at radius 1 is 0.253 bits per heavy atom. The van der Waals surface area contributed by atoms with E-state index in [9.17, 15) is 14.4 Å². The van der Waals surface area contributed by atoms with Crippen molar-refractivity contribution in [1.82, 2.24) is 0 Å². The average Bonchev–Trinajstić information content (AvgIpc) is 3.49. The van der Waals surface area contributed by atoms with Crippen LogP contribution in [-0.2, 0) is 28.6 Å². The Balaban J connectivity index is 4.06. The highest BCUT2D eigenvalue weighted by Crippen LogP contribution is 2.19. The summed E-state index contributed by atoms with van der Waals surface area (Å²) in [6.45, 7) is 6.60. The molecule has 0 spiro atoms. The van der Waals surface area contributed by atoms with Crippen LogP contribution in [0.25, 0.3) is 0 Å². The first-order chi connectivity index (χ1) is 41.0. The van der Waals surface area contributed by atoms with Crippen LogP contribution in [0.15, 0.2) is 48.6 Å². The molecule has 0 saturated heterocycles. The maximum absolute atomic E-state index is 12.9. The van der Waals surface area contributed by atoms with E-state index in [-0.39, 0.29) is 31.1 Å². The fraction of sp³-hybridized carbons (Fsp3) is 0.857. The predicted octanol–water partition coefficient (Wildman–Crippen LogP) is 25.7. The van der Waals surface area contributed by atoms with Crippen LogP contribution in [0.3, 0.4) is 0 Å². The van der Waals surface area contributed by atoms with Crippen LogP contribution in [0.4, 0.5) is 0 Å². The first kappa shape index (κ1) is 80.4. The topological polar surface area (TPSA) is 78.9 Å². The molecular weight excluding hydrogens is 1020 g/mol. The number of carbonyl (C=O) groups is 3. The summed E-state index contributed by atoms with van der Waals surface area (Å²) in [7, 11) is 0. The molecule has 0 aromatic carbocycles. The zero-order valence-electron chi connectivity index (χ0n) is 56.0. The number of carbonyl (C=O) groups excluding carboxylic acids is 3. The van der Waals surface area contributed by atoms with Crippen molar-refractivity contribution in [1.29, 1.82) is 0 Å². The third-order valence-electron chi connectivity index (χ3n) is 16.8. The third-order valence-corrected chi connectivity index (χ3v) is 16.8. The molecule has 6 heteroatoms. The Hall–Kier alpha value is -2.63. The molecule has 0 bridgehead atoms. The molecule has 1 atom stereocenters. The van der Waals surface area contributed by atoms with E-state index >= 15 is 0 Å². The Labute approximate surface area is 518 Å². The Morgan fingerprint density at radius 3 is 0.735 bits per heavy atom. The van der Waals surface area contributed by atoms with Gasteiger partial charge in [0.05, 0.1) is 0 Å². The summed E-state index contributed by atoms with van der Waals surface area (Å²) in [5.41, 5.74) is 0. The summed E-state index contributed by atoms with van der Waals surface area (Å²) in [6.07, 6.45) is 91.7. The first-order valence-corrected chi connectivity index (χ1v) is 37.1. The molecule has 0 saturated carbocycles. The molecule has 486 valence electrons. The van der Waals surface area contributed by atoms with Gasteiger partial charge in [-0.1, -0.05) is 378 Å². The van der Waals surface area contributed by atoms with Gasteiger partial charge in [0.25, 0.3) is 0 Å². The highest BCUT2D eigenvalue weighted by Gasteiger charge is 2.20. The van der Waals surface area contributed by atoms with Crippen molar-refractivity contribution in [3.05, 3.63) is 48.6 Å². The zero-order valence-corrected chi connectivity index (χ0v) is 56.0. The fourth-order valence-corrected chi connectivity index (χ4v) is 11.3. The van der Waals surface area contributed by atoms with Crippen molar-refractivity contribution in [2.45, 2.75) is 412 Å². The van der Waals surface area contributed by atoms with Gasteiger partial charge in [-0.05, 0) is 57.8 Å². The Bertz CT molecular complexity index is 1430. The summed E-state index contributed by atoms with van der Waals surface area (Å²) in [5, 5.41) is 0. The maximum atomic E-state index is 12.9. The number of hydrogen-bond donors (Lipinski definition) is 0. The van der Waals surface area contributed by atoms with E-state index in [1.807, 2.05) is 0 Å². The van der Waals surface area contributed by atoms with Gasteiger partial charge in [0.2, 0.25) is 0 Å². The molecular formula is C77H142O6. The minimum absolute atomic E-state index is 0.0639. The smallest absolute Gasteiger partial charge is 0.306 e. The molecule has 0 N–H and O–H groups in total. The maximum Gasteiger partial charge on any atom is 0.306 e. The normalized spacial score (nSPS) is 12.3. The zero-order chi connectivity index (χ0) is 59.9. The SMILES string of the molecule is CC/C=C\C/C=C\C/C=C\C/C=C\CCCCCCCCCCCCCCCCCCCCCCCCC(=O)OCC(COC(=O)CCCCCCCCCCCCCC)OC(=O)CCCCCCCCCCCCCCCCCCCC. The summed E-state index contributed by atoms with van der Waals surface area (Å²) in [4.78, 5) is 38.4. The van der Waals surface area contributed by atoms with Crippen molar-refractivity contribution >= 4 is 17.9 Å². The van der Waals surface area contributed by atoms with Crippen LogP contribution < -0.4 is 0 Å². The molecule has 0 aromatic heterocycles. The summed E-state index contributed by atoms with van der Waals surface area (Å²) in [6, 6.07) is 0. The first-order valence-electron chi connectivity index (χ1n) is 37.1. The van der Waals surface area contributed by atoms with Gasteiger partial charge in [-0.25, -0.2) is 0 Å². The van der Waals surface area contributed by atoms with Crippen molar-refractivity contribution in [3.8, 4) is 0 Å². The molecule has 0 amide bonds. The Morgan fingerprint density at radius 2 is 0.470 bits per heavy atom. The van der Waals surface area contributed by atoms with Crippen LogP contribution in [0.5, 0.6) is 0 Å². The second kappa shape index (κ2) is 71.8. The Kier molecular flexibility index (Phi) is 69.6. The number of hydrogen-bond acceptors (Lipinski definition) is 6. The van der Waals surface area contributed by atoms with E-state index in [1.54, 1.807) is 0 Å². The van der Waals surface area contributed by atoms with Crippen molar-refractivity contribution in [2.24, 2.45) is 0 Å². The van der Waals surface area contributed by atoms with Gasteiger partial charge in [-0.2, -0.15) is 0 Å². The van der Waals surface area contributed by atoms with Crippen molar-refractivity contribution < 1.29 is 28.6 Å². The molecule has 0 rings (SSSR count). The van der Waals surface area contributed by atoms with Crippen LogP contribution in [0.2, 0.25) is 0 Å². The highest BCUT2D eigenvalue weighted by molar-refractivity contribution is 5.71. The average molecular weight is 1160 g/mol. The second-order valence-electron chi connectivity index (χ2n) is 25.2. The van der Waals surface area contributed by atoms with Gasteiger partial charge in [-0.15, -0.1) is 0 Å². The minimum atomic E-state index is -0.767. The molecule has 83 heavy (non-hydrogen) atoms. The van der Waals surface area contributed by atoms with E-state index < -0.39 is 6.10 Å². The van der Waals surface area contributed by atoms with E-state index in [0.717, 1.165) is 83.5 Å². The molecule has 0 aliphatic heterocycles. The second-order valence-corrected chi connectivity index (χ2v) is 25.2. The van der Waals surface area contributed by atoms with Crippen molar-refractivity contribution in [2.75, 3.05) is 13.2 Å². The van der Waals surface area contributed by atoms with Gasteiger partial charge >= 0.3 is 17.9 Å². The summed E-state index contributed by atoms with van der Waals surface area (Å²) < 4.78 is 17.0. The minimum Gasteiger partial charge on any atom is -0.462 e. The number of allylic oxidation sites excluding steroid dienone is 8. The standard InChI is InChI=1S/C77H142O6/c1-4-7-10-13-16-19-22-25-27-29-31-32-33-34-35-36-37-38-39-40-41-42-43-44-45-46-47-49-50-52-55-58-61-64-67-70-76(79)82-73-74(72-81-75(78)69-66-63-60-57-54-24-21-18-15-12-9-6-3)83-77(80)71-68-65-62-59-56-53-51-48-30-28-26-23-20-17-14-11-8-5-2/h7,10,16,19,25,27,31-32,74H,4-6,8-9,11-15,17-18,20-24,26,28-30,33-73H2,1-3H3/b10-7-,19-16-,27-25-,32-31-.